The predicted molar refractivity (Wildman–Crippen MR) is 530 cm³/mol. The van der Waals surface area contributed by atoms with Crippen LogP contribution in [0.3, 0.4) is 0 Å². The molecule has 0 bridgehead atoms. The number of hydrogen-bond acceptors (Lipinski definition) is 25. The third kappa shape index (κ3) is 42.3. The van der Waals surface area contributed by atoms with Crippen LogP contribution < -0.4 is 36.8 Å². The second-order valence-corrected chi connectivity index (χ2v) is 40.1. The van der Waals surface area contributed by atoms with E-state index in [4.69, 9.17) is 14.2 Å². The van der Waals surface area contributed by atoms with Crippen LogP contribution in [0.2, 0.25) is 0 Å². The maximum Gasteiger partial charge on any atom is 0.303 e. The highest BCUT2D eigenvalue weighted by atomic mass is 32.2. The number of carboxylic acid groups (broad SMARTS) is 5. The minimum atomic E-state index is -4.55. The summed E-state index contributed by atoms with van der Waals surface area (Å²) in [5, 5.41) is 64.7. The molecule has 7 amide bonds. The second-order valence-electron chi connectivity index (χ2n) is 37.8. The van der Waals surface area contributed by atoms with Crippen LogP contribution in [0.15, 0.2) is 89.5 Å². The van der Waals surface area contributed by atoms with Crippen molar-refractivity contribution in [3.8, 4) is 0 Å². The average Bonchev–Trinajstić information content (AvgIpc) is 1.58. The number of nitrogens with zero attached hydrogens (tertiary/aromatic N) is 3. The van der Waals surface area contributed by atoms with Gasteiger partial charge in [0.25, 0.3) is 10.1 Å². The van der Waals surface area contributed by atoms with E-state index in [1.54, 1.807) is 12.3 Å². The van der Waals surface area contributed by atoms with E-state index in [-0.39, 0.29) is 151 Å². The standard InChI is InChI=1S/C102H147N9O29S2/c1-12-109-80(67(7)73-57-66(6)31-38-81(73)109)26-17-14-13-15-18-29-89-102(8,9)74-61-72(142(135,136)137)35-39-82(74)110(89)49-22-16-19-30-90(118)103-48-21-20-25-75(84(113)28-24-51-140-62-92(120)111-50-23-27-83(111)101(134)108-78(55-64(2)3)85(114)40-41-91(119)104-79(63-141-11)86(115)56-65(4)5)105-99(132)69(33-43-94(123)124)59-88(117)77(37-46-97(129)130)107-100(133)70(34-44-95(125)126)60-87(116)76(36-45-96(127)128)106-98(131)68(32-42-93(121)122)58-71(112)47-52-139-54-53-138-10/h13-15,17-18,26,29,31,35,38-39,57,61,64-65,67-70,75-79,83H,12,16,19-25,27-28,30,32-34,36-37,40-56,58-60,62-63H2,1-11H3,(H11-,103,104,105,106,107,108,118,119,121,122,123,124,125,126,127,128,129,130,131,132,133,134,135,136,137)/p+1/t67?,68-,69-,70-,75+,76+,77+,78-,79-,83-/m0/s1. The van der Waals surface area contributed by atoms with Crippen LogP contribution in [0, 0.1) is 36.5 Å². The molecule has 2 aromatic carbocycles. The number of allylic oxidation sites excluding steroid dienone is 8. The second kappa shape index (κ2) is 62.3. The Morgan fingerprint density at radius 1 is 0.549 bits per heavy atom. The topological polar surface area (TPSA) is 572 Å². The SMILES string of the molecule is CC[N+]1=C(/C=C/C=C/C=C/C=C2/N(CCCCCC(=O)NCCCC[C@@H](NC(=O)[C@@H](CCC(=O)O)CC(=O)[C@@H](CCC(=O)O)NC(=O)[C@@H](CCC(=O)O)CC(=O)[C@@H](CCC(=O)O)NC(=O)[C@@H](CCC(=O)O)CC(=O)CCOCCOC)C(=O)CCCOCC(=O)N3CCC[C@H]3C(=O)N[C@@H](CC(C)C)C(=O)CCC(=O)N[C@@H](CSC)C(=O)CC(C)C)c3ccc(S(=O)(=O)O)cc3C2(C)C)C(C)c2cc(C)ccc21. The largest absolute Gasteiger partial charge is 0.481 e. The van der Waals surface area contributed by atoms with E-state index < -0.39 is 254 Å². The molecule has 0 saturated carbocycles. The molecule has 3 aliphatic heterocycles. The summed E-state index contributed by atoms with van der Waals surface area (Å²) < 4.78 is 53.3. The summed E-state index contributed by atoms with van der Waals surface area (Å²) in [5.41, 5.74) is 6.46. The molecule has 2 aromatic rings. The Labute approximate surface area is 835 Å². The molecule has 1 saturated heterocycles. The van der Waals surface area contributed by atoms with Crippen LogP contribution >= 0.6 is 11.8 Å². The minimum Gasteiger partial charge on any atom is -0.481 e. The normalized spacial score (nSPS) is 16.5. The fraction of sp³-hybridized carbons (Fsp3) is 0.618. The monoisotopic (exact) mass is 2030 g/mol. The first kappa shape index (κ1) is 121. The molecule has 1 unspecified atom stereocenters. The number of aliphatic carboxylic acids is 5. The van der Waals surface area contributed by atoms with Crippen molar-refractivity contribution < 1.29 is 144 Å². The Morgan fingerprint density at radius 3 is 1.68 bits per heavy atom. The molecule has 1 fully saturated rings. The fourth-order valence-electron chi connectivity index (χ4n) is 17.5. The number of nitrogens with one attached hydrogen (secondary N) is 6. The van der Waals surface area contributed by atoms with Gasteiger partial charge in [0.1, 0.15) is 25.0 Å². The number of benzene rings is 2. The Hall–Kier alpha value is -11.3. The van der Waals surface area contributed by atoms with Crippen molar-refractivity contribution in [1.82, 2.24) is 36.8 Å². The lowest BCUT2D eigenvalue weighted by Crippen LogP contribution is -2.52. The van der Waals surface area contributed by atoms with E-state index >= 15 is 0 Å². The van der Waals surface area contributed by atoms with Crippen molar-refractivity contribution in [3.63, 3.8) is 0 Å². The van der Waals surface area contributed by atoms with Crippen LogP contribution in [0.5, 0.6) is 0 Å². The number of methoxy groups -OCH3 is 1. The zero-order valence-corrected chi connectivity index (χ0v) is 85.4. The third-order valence-electron chi connectivity index (χ3n) is 25.1. The number of hydrogen-bond donors (Lipinski definition) is 12. The highest BCUT2D eigenvalue weighted by Crippen LogP contribution is 2.49. The lowest BCUT2D eigenvalue weighted by Gasteiger charge is -2.27. The molecule has 0 radical (unpaired) electrons. The summed E-state index contributed by atoms with van der Waals surface area (Å²) in [6, 6.07) is 3.27. The predicted octanol–water partition coefficient (Wildman–Crippen LogP) is 9.92. The smallest absolute Gasteiger partial charge is 0.303 e. The summed E-state index contributed by atoms with van der Waals surface area (Å²) in [4.78, 5) is 244. The van der Waals surface area contributed by atoms with E-state index in [1.807, 2.05) is 78.0 Å². The zero-order chi connectivity index (χ0) is 106. The van der Waals surface area contributed by atoms with Gasteiger partial charge < -0.3 is 81.4 Å². The number of ether oxygens (including phenoxy) is 3. The number of carboxylic acids is 5. The Balaban J connectivity index is 1.33. The Kier molecular flexibility index (Phi) is 53.1. The van der Waals surface area contributed by atoms with Gasteiger partial charge in [-0.1, -0.05) is 90.0 Å². The molecule has 5 rings (SSSR count). The first-order valence-electron chi connectivity index (χ1n) is 49.0. The molecule has 3 heterocycles. The van der Waals surface area contributed by atoms with Crippen molar-refractivity contribution >= 4 is 145 Å². The summed E-state index contributed by atoms with van der Waals surface area (Å²) >= 11 is 1.39. The molecule has 10 atom stereocenters. The van der Waals surface area contributed by atoms with Gasteiger partial charge in [-0.15, -0.1) is 0 Å². The molecule has 12 N–H and O–H groups in total. The third-order valence-corrected chi connectivity index (χ3v) is 26.6. The number of ketones is 6. The minimum absolute atomic E-state index is 0.0595. The highest BCUT2D eigenvalue weighted by Gasteiger charge is 2.43. The zero-order valence-electron chi connectivity index (χ0n) is 83.7. The van der Waals surface area contributed by atoms with Gasteiger partial charge in [0.2, 0.25) is 47.0 Å². The first-order chi connectivity index (χ1) is 67.2. The van der Waals surface area contributed by atoms with Crippen molar-refractivity contribution in [2.75, 3.05) is 83.2 Å². The number of carbonyl (C=O) groups is 18. The number of likely N-dealkylation sites (tertiary alicyclic amines) is 1. The Morgan fingerprint density at radius 2 is 1.11 bits per heavy atom. The number of Topliss-reactive ketones (excluding diaryl/α,β-unsaturated/α-hetero) is 6. The molecule has 0 spiro atoms. The van der Waals surface area contributed by atoms with Gasteiger partial charge in [0.05, 0.1) is 60.8 Å². The van der Waals surface area contributed by atoms with Gasteiger partial charge in [-0.3, -0.25) is 90.9 Å². The fourth-order valence-corrected chi connectivity index (χ4v) is 18.6. The maximum atomic E-state index is 14.8. The number of carbonyl (C=O) groups excluding carboxylic acids is 13. The lowest BCUT2D eigenvalue weighted by molar-refractivity contribution is -0.432. The van der Waals surface area contributed by atoms with Gasteiger partial charge >= 0.3 is 29.8 Å². The first-order valence-corrected chi connectivity index (χ1v) is 51.9. The van der Waals surface area contributed by atoms with Gasteiger partial charge in [-0.2, -0.15) is 24.8 Å². The number of rotatable bonds is 73. The van der Waals surface area contributed by atoms with Gasteiger partial charge in [0.15, 0.2) is 34.6 Å². The number of anilines is 1. The number of unbranched alkanes of at least 4 members (excludes halogenated alkanes) is 3. The Bertz CT molecular complexity index is 5000. The maximum absolute atomic E-state index is 14.8. The molecular weight excluding hydrogens is 1880 g/mol. The lowest BCUT2D eigenvalue weighted by atomic mass is 9.83. The molecule has 0 aliphatic carbocycles. The average molecular weight is 2030 g/mol. The van der Waals surface area contributed by atoms with Crippen molar-refractivity contribution in [2.24, 2.45) is 29.6 Å². The van der Waals surface area contributed by atoms with Crippen LogP contribution in [0.1, 0.15) is 264 Å². The van der Waals surface area contributed by atoms with Crippen LogP contribution in [0.25, 0.3) is 0 Å². The van der Waals surface area contributed by atoms with Crippen molar-refractivity contribution in [2.45, 2.75) is 301 Å². The van der Waals surface area contributed by atoms with E-state index in [0.717, 1.165) is 17.9 Å². The van der Waals surface area contributed by atoms with E-state index in [1.165, 1.54) is 58.4 Å². The van der Waals surface area contributed by atoms with Crippen LogP contribution in [-0.2, 0) is 116 Å². The molecular formula is C102H148N9O29S2+. The summed E-state index contributed by atoms with van der Waals surface area (Å²) in [6.07, 6.45) is 8.57. The summed E-state index contributed by atoms with van der Waals surface area (Å²) in [7, 11) is -3.12. The van der Waals surface area contributed by atoms with Gasteiger partial charge in [-0.25, -0.2) is 0 Å². The number of amides is 7. The number of thioether (sulfide) groups is 1. The molecule has 0 aromatic heterocycles. The van der Waals surface area contributed by atoms with Crippen LogP contribution in [-0.4, -0.2) is 274 Å². The molecule has 40 heteroatoms. The van der Waals surface area contributed by atoms with E-state index in [9.17, 15) is 125 Å². The molecule has 38 nitrogen and oxygen atoms in total. The van der Waals surface area contributed by atoms with Crippen LogP contribution in [0.4, 0.5) is 11.4 Å². The quantitative estimate of drug-likeness (QED) is 0.0127. The van der Waals surface area contributed by atoms with Crippen molar-refractivity contribution in [1.29, 1.82) is 0 Å². The molecule has 3 aliphatic rings. The van der Waals surface area contributed by atoms with Crippen molar-refractivity contribution in [3.05, 3.63) is 101 Å². The molecule has 786 valence electrons. The summed E-state index contributed by atoms with van der Waals surface area (Å²) in [5.74, 6) is -20.4. The van der Waals surface area contributed by atoms with E-state index in [0.29, 0.717) is 43.5 Å². The summed E-state index contributed by atoms with van der Waals surface area (Å²) in [6.45, 7) is 18.9. The van der Waals surface area contributed by atoms with Gasteiger partial charge in [-0.05, 0) is 165 Å². The highest BCUT2D eigenvalue weighted by molar-refractivity contribution is 7.98. The van der Waals surface area contributed by atoms with Gasteiger partial charge in [0, 0.05) is 181 Å². The number of aryl methyl sites for hydroxylation is 1. The molecule has 142 heavy (non-hydrogen) atoms. The van der Waals surface area contributed by atoms with E-state index in [2.05, 4.69) is 86.4 Å². The number of fused-ring (bicyclic) bond motifs is 2.